The molecule has 0 aliphatic rings. The zero-order chi connectivity index (χ0) is 10.3. The SMILES string of the molecule is CC(C)NC(CSCCO)C(=O)O. The van der Waals surface area contributed by atoms with Gasteiger partial charge in [-0.2, -0.15) is 11.8 Å². The van der Waals surface area contributed by atoms with E-state index in [9.17, 15) is 4.79 Å². The van der Waals surface area contributed by atoms with Crippen LogP contribution < -0.4 is 5.32 Å². The highest BCUT2D eigenvalue weighted by atomic mass is 32.2. The summed E-state index contributed by atoms with van der Waals surface area (Å²) < 4.78 is 0. The third-order valence-corrected chi connectivity index (χ3v) is 2.39. The van der Waals surface area contributed by atoms with Crippen molar-refractivity contribution in [2.75, 3.05) is 18.1 Å². The number of hydrogen-bond acceptors (Lipinski definition) is 4. The van der Waals surface area contributed by atoms with Crippen molar-refractivity contribution in [1.29, 1.82) is 0 Å². The van der Waals surface area contributed by atoms with Crippen molar-refractivity contribution in [3.63, 3.8) is 0 Å². The van der Waals surface area contributed by atoms with E-state index in [-0.39, 0.29) is 12.6 Å². The van der Waals surface area contributed by atoms with Gasteiger partial charge in [-0.05, 0) is 0 Å². The van der Waals surface area contributed by atoms with Crippen LogP contribution in [0.4, 0.5) is 0 Å². The van der Waals surface area contributed by atoms with Gasteiger partial charge >= 0.3 is 5.97 Å². The number of aliphatic hydroxyl groups is 1. The van der Waals surface area contributed by atoms with Gasteiger partial charge in [0.25, 0.3) is 0 Å². The normalized spacial score (nSPS) is 13.2. The maximum Gasteiger partial charge on any atom is 0.321 e. The molecular formula is C8H17NO3S. The molecular weight excluding hydrogens is 190 g/mol. The summed E-state index contributed by atoms with van der Waals surface area (Å²) in [5, 5.41) is 20.2. The Morgan fingerprint density at radius 1 is 1.54 bits per heavy atom. The van der Waals surface area contributed by atoms with E-state index in [0.717, 1.165) is 0 Å². The lowest BCUT2D eigenvalue weighted by molar-refractivity contribution is -0.139. The molecule has 1 atom stereocenters. The number of thioether (sulfide) groups is 1. The van der Waals surface area contributed by atoms with E-state index >= 15 is 0 Å². The lowest BCUT2D eigenvalue weighted by Crippen LogP contribution is -2.42. The standard InChI is InChI=1S/C8H17NO3S/c1-6(2)9-7(8(11)12)5-13-4-3-10/h6-7,9-10H,3-5H2,1-2H3,(H,11,12). The molecule has 78 valence electrons. The number of aliphatic carboxylic acids is 1. The fraction of sp³-hybridized carbons (Fsp3) is 0.875. The average Bonchev–Trinajstić information content (AvgIpc) is 2.02. The lowest BCUT2D eigenvalue weighted by atomic mass is 10.3. The van der Waals surface area contributed by atoms with E-state index in [1.807, 2.05) is 13.8 Å². The van der Waals surface area contributed by atoms with Gasteiger partial charge in [0.2, 0.25) is 0 Å². The molecule has 0 saturated heterocycles. The first-order chi connectivity index (χ1) is 6.07. The Hall–Kier alpha value is -0.260. The Morgan fingerprint density at radius 2 is 2.15 bits per heavy atom. The molecule has 5 heteroatoms. The second kappa shape index (κ2) is 7.17. The van der Waals surface area contributed by atoms with Gasteiger partial charge in [0, 0.05) is 17.5 Å². The molecule has 1 unspecified atom stereocenters. The van der Waals surface area contributed by atoms with Gasteiger partial charge in [0.1, 0.15) is 6.04 Å². The van der Waals surface area contributed by atoms with Crippen molar-refractivity contribution in [2.24, 2.45) is 0 Å². The molecule has 0 radical (unpaired) electrons. The smallest absolute Gasteiger partial charge is 0.321 e. The van der Waals surface area contributed by atoms with Crippen LogP contribution in [0.1, 0.15) is 13.8 Å². The van der Waals surface area contributed by atoms with E-state index in [4.69, 9.17) is 10.2 Å². The predicted molar refractivity (Wildman–Crippen MR) is 54.1 cm³/mol. The van der Waals surface area contributed by atoms with Crippen LogP contribution in [-0.4, -0.2) is 46.4 Å². The monoisotopic (exact) mass is 207 g/mol. The molecule has 0 saturated carbocycles. The number of carboxylic acids is 1. The topological polar surface area (TPSA) is 69.6 Å². The molecule has 13 heavy (non-hydrogen) atoms. The highest BCUT2D eigenvalue weighted by Crippen LogP contribution is 2.03. The minimum absolute atomic E-state index is 0.0959. The molecule has 0 aliphatic carbocycles. The summed E-state index contributed by atoms with van der Waals surface area (Å²) in [5.41, 5.74) is 0. The lowest BCUT2D eigenvalue weighted by Gasteiger charge is -2.16. The number of carboxylic acid groups (broad SMARTS) is 1. The van der Waals surface area contributed by atoms with Crippen LogP contribution in [-0.2, 0) is 4.79 Å². The second-order valence-corrected chi connectivity index (χ2v) is 4.16. The van der Waals surface area contributed by atoms with Crippen LogP contribution in [0, 0.1) is 0 Å². The van der Waals surface area contributed by atoms with E-state index in [2.05, 4.69) is 5.32 Å². The van der Waals surface area contributed by atoms with E-state index < -0.39 is 12.0 Å². The van der Waals surface area contributed by atoms with Crippen molar-refractivity contribution >= 4 is 17.7 Å². The third kappa shape index (κ3) is 6.86. The Kier molecular flexibility index (Phi) is 7.03. The Bertz CT molecular complexity index is 152. The Balaban J connectivity index is 3.74. The highest BCUT2D eigenvalue weighted by Gasteiger charge is 2.17. The first kappa shape index (κ1) is 12.7. The van der Waals surface area contributed by atoms with Gasteiger partial charge in [-0.1, -0.05) is 13.8 Å². The van der Waals surface area contributed by atoms with Gasteiger partial charge in [0.15, 0.2) is 0 Å². The van der Waals surface area contributed by atoms with Gasteiger partial charge in [-0.25, -0.2) is 0 Å². The maximum atomic E-state index is 10.7. The van der Waals surface area contributed by atoms with Crippen LogP contribution in [0.15, 0.2) is 0 Å². The summed E-state index contributed by atoms with van der Waals surface area (Å²) in [6.45, 7) is 3.91. The minimum atomic E-state index is -0.834. The summed E-state index contributed by atoms with van der Waals surface area (Å²) in [6.07, 6.45) is 0. The fourth-order valence-electron chi connectivity index (χ4n) is 0.859. The molecule has 0 amide bonds. The van der Waals surface area contributed by atoms with Crippen LogP contribution in [0.5, 0.6) is 0 Å². The number of rotatable bonds is 7. The molecule has 0 spiro atoms. The molecule has 0 heterocycles. The van der Waals surface area contributed by atoms with Gasteiger partial charge < -0.3 is 15.5 Å². The van der Waals surface area contributed by atoms with E-state index in [1.54, 1.807) is 0 Å². The van der Waals surface area contributed by atoms with Gasteiger partial charge in [-0.3, -0.25) is 4.79 Å². The quantitative estimate of drug-likeness (QED) is 0.519. The van der Waals surface area contributed by atoms with Gasteiger partial charge in [-0.15, -0.1) is 0 Å². The van der Waals surface area contributed by atoms with E-state index in [0.29, 0.717) is 11.5 Å². The Labute approximate surface area is 82.7 Å². The molecule has 0 rings (SSSR count). The number of hydrogen-bond donors (Lipinski definition) is 3. The molecule has 0 aliphatic heterocycles. The molecule has 3 N–H and O–H groups in total. The third-order valence-electron chi connectivity index (χ3n) is 1.35. The zero-order valence-electron chi connectivity index (χ0n) is 7.99. The average molecular weight is 207 g/mol. The summed E-state index contributed by atoms with van der Waals surface area (Å²) in [7, 11) is 0. The molecule has 0 bridgehead atoms. The first-order valence-electron chi connectivity index (χ1n) is 4.25. The van der Waals surface area contributed by atoms with Crippen molar-refractivity contribution in [1.82, 2.24) is 5.32 Å². The summed E-state index contributed by atoms with van der Waals surface area (Å²) >= 11 is 1.44. The number of carbonyl (C=O) groups is 1. The molecule has 4 nitrogen and oxygen atoms in total. The van der Waals surface area contributed by atoms with Crippen molar-refractivity contribution in [2.45, 2.75) is 25.9 Å². The number of aliphatic hydroxyl groups excluding tert-OH is 1. The van der Waals surface area contributed by atoms with E-state index in [1.165, 1.54) is 11.8 Å². The van der Waals surface area contributed by atoms with Gasteiger partial charge in [0.05, 0.1) is 6.61 Å². The Morgan fingerprint density at radius 3 is 2.54 bits per heavy atom. The van der Waals surface area contributed by atoms with Crippen molar-refractivity contribution < 1.29 is 15.0 Å². The predicted octanol–water partition coefficient (Wildman–Crippen LogP) is 0.163. The van der Waals surface area contributed by atoms with Crippen LogP contribution >= 0.6 is 11.8 Å². The zero-order valence-corrected chi connectivity index (χ0v) is 8.80. The van der Waals surface area contributed by atoms with Crippen molar-refractivity contribution in [3.8, 4) is 0 Å². The largest absolute Gasteiger partial charge is 0.480 e. The molecule has 0 aromatic heterocycles. The highest BCUT2D eigenvalue weighted by molar-refractivity contribution is 7.99. The maximum absolute atomic E-state index is 10.7. The van der Waals surface area contributed by atoms with Crippen LogP contribution in [0.3, 0.4) is 0 Å². The van der Waals surface area contributed by atoms with Crippen molar-refractivity contribution in [3.05, 3.63) is 0 Å². The minimum Gasteiger partial charge on any atom is -0.480 e. The fourth-order valence-corrected chi connectivity index (χ4v) is 1.63. The molecule has 0 fully saturated rings. The summed E-state index contributed by atoms with van der Waals surface area (Å²) in [6, 6.07) is -0.354. The van der Waals surface area contributed by atoms with Crippen LogP contribution in [0.2, 0.25) is 0 Å². The molecule has 0 aromatic carbocycles. The first-order valence-corrected chi connectivity index (χ1v) is 5.40. The summed E-state index contributed by atoms with van der Waals surface area (Å²) in [5.74, 6) is 0.247. The summed E-state index contributed by atoms with van der Waals surface area (Å²) in [4.78, 5) is 10.7. The molecule has 0 aromatic rings. The van der Waals surface area contributed by atoms with Crippen LogP contribution in [0.25, 0.3) is 0 Å². The number of nitrogens with one attached hydrogen (secondary N) is 1. The second-order valence-electron chi connectivity index (χ2n) is 3.01.